The van der Waals surface area contributed by atoms with Gasteiger partial charge in [0.15, 0.2) is 0 Å². The topological polar surface area (TPSA) is 54.4 Å². The molecule has 24 heavy (non-hydrogen) atoms. The van der Waals surface area contributed by atoms with Crippen molar-refractivity contribution in [3.05, 3.63) is 69.5 Å². The first-order valence-corrected chi connectivity index (χ1v) is 10.7. The van der Waals surface area contributed by atoms with Crippen LogP contribution in [0.4, 0.5) is 0 Å². The molecule has 0 unspecified atom stereocenters. The van der Waals surface area contributed by atoms with Crippen LogP contribution in [0.1, 0.15) is 11.1 Å². The summed E-state index contributed by atoms with van der Waals surface area (Å²) in [6.45, 7) is 0. The van der Waals surface area contributed by atoms with Gasteiger partial charge in [0.25, 0.3) is 10.1 Å². The van der Waals surface area contributed by atoms with Gasteiger partial charge in [0.2, 0.25) is 0 Å². The van der Waals surface area contributed by atoms with Gasteiger partial charge in [-0.25, -0.2) is 0 Å². The molecule has 0 aliphatic carbocycles. The Balaban J connectivity index is 0.00000208. The molecule has 1 aromatic heterocycles. The van der Waals surface area contributed by atoms with E-state index in [2.05, 4.69) is 12.1 Å². The summed E-state index contributed by atoms with van der Waals surface area (Å²) in [6.07, 6.45) is 0.634. The van der Waals surface area contributed by atoms with Crippen LogP contribution >= 0.6 is 32.9 Å². The van der Waals surface area contributed by atoms with Crippen molar-refractivity contribution in [2.24, 2.45) is 0 Å². The first-order valence-electron chi connectivity index (χ1n) is 6.69. The maximum atomic E-state index is 11.1. The van der Waals surface area contributed by atoms with E-state index in [1.165, 1.54) is 12.1 Å². The number of rotatable bonds is 4. The maximum absolute atomic E-state index is 11.1. The van der Waals surface area contributed by atoms with E-state index in [9.17, 15) is 8.42 Å². The van der Waals surface area contributed by atoms with E-state index in [1.54, 1.807) is 32.8 Å². The van der Waals surface area contributed by atoms with Crippen LogP contribution in [0.5, 0.6) is 0 Å². The SMILES string of the molecule is O=S(=O)(O)c1ccc(Cc2c(-c3ccccc3)ssc2=S)cc1.[Na+]. The largest absolute Gasteiger partial charge is 1.00 e. The molecule has 0 saturated heterocycles. The van der Waals surface area contributed by atoms with Gasteiger partial charge >= 0.3 is 29.6 Å². The van der Waals surface area contributed by atoms with Gasteiger partial charge in [0, 0.05) is 12.0 Å². The average Bonchev–Trinajstić information content (AvgIpc) is 2.89. The average molecular weight is 404 g/mol. The minimum Gasteiger partial charge on any atom is -0.282 e. The molecule has 3 nitrogen and oxygen atoms in total. The first-order chi connectivity index (χ1) is 10.9. The fourth-order valence-corrected chi connectivity index (χ4v) is 5.62. The summed E-state index contributed by atoms with van der Waals surface area (Å²) < 4.78 is 32.1. The molecule has 0 atom stereocenters. The predicted octanol–water partition coefficient (Wildman–Crippen LogP) is 2.05. The molecule has 1 heterocycles. The quantitative estimate of drug-likeness (QED) is 0.314. The van der Waals surface area contributed by atoms with Gasteiger partial charge in [-0.15, -0.1) is 0 Å². The maximum Gasteiger partial charge on any atom is 1.00 e. The molecule has 0 spiro atoms. The zero-order valence-electron chi connectivity index (χ0n) is 12.8. The Labute approximate surface area is 175 Å². The zero-order valence-corrected chi connectivity index (χ0v) is 18.1. The Morgan fingerprint density at radius 1 is 0.958 bits per heavy atom. The Hall–Kier alpha value is -0.380. The van der Waals surface area contributed by atoms with Crippen molar-refractivity contribution in [3.8, 4) is 10.4 Å². The molecular weight excluding hydrogens is 391 g/mol. The third-order valence-corrected chi connectivity index (χ3v) is 7.42. The molecule has 0 aliphatic heterocycles. The van der Waals surface area contributed by atoms with Crippen molar-refractivity contribution in [2.45, 2.75) is 11.3 Å². The van der Waals surface area contributed by atoms with Gasteiger partial charge in [0.1, 0.15) is 3.82 Å². The molecule has 0 radical (unpaired) electrons. The summed E-state index contributed by atoms with van der Waals surface area (Å²) in [5, 5.41) is 0. The van der Waals surface area contributed by atoms with Crippen LogP contribution in [0, 0.1) is 3.82 Å². The smallest absolute Gasteiger partial charge is 0.282 e. The van der Waals surface area contributed by atoms with Crippen molar-refractivity contribution >= 4 is 43.0 Å². The van der Waals surface area contributed by atoms with E-state index in [-0.39, 0.29) is 34.5 Å². The van der Waals surface area contributed by atoms with Crippen LogP contribution in [-0.2, 0) is 16.5 Å². The van der Waals surface area contributed by atoms with Crippen LogP contribution in [0.15, 0.2) is 59.5 Å². The molecule has 1 N–H and O–H groups in total. The Kier molecular flexibility index (Phi) is 6.92. The number of benzene rings is 2. The molecule has 118 valence electrons. The van der Waals surface area contributed by atoms with Crippen molar-refractivity contribution in [3.63, 3.8) is 0 Å². The van der Waals surface area contributed by atoms with Crippen LogP contribution in [0.25, 0.3) is 10.4 Å². The zero-order chi connectivity index (χ0) is 16.4. The molecular formula is C16H12NaO3S4+. The molecule has 3 aromatic rings. The van der Waals surface area contributed by atoms with E-state index in [4.69, 9.17) is 16.8 Å². The standard InChI is InChI=1S/C16H12O3S4.Na/c17-23(18,19)13-8-6-11(7-9-13)10-14-15(21-22-16(14)20)12-4-2-1-3-5-12;/h1-9H,10H2,(H,17,18,19);/q;+1. The van der Waals surface area contributed by atoms with Crippen molar-refractivity contribution in [1.29, 1.82) is 0 Å². The molecule has 8 heteroatoms. The van der Waals surface area contributed by atoms with Crippen molar-refractivity contribution in [1.82, 2.24) is 0 Å². The van der Waals surface area contributed by atoms with Crippen molar-refractivity contribution < 1.29 is 42.5 Å². The van der Waals surface area contributed by atoms with E-state index in [0.29, 0.717) is 6.42 Å². The van der Waals surface area contributed by atoms with Crippen LogP contribution in [0.3, 0.4) is 0 Å². The number of hydrogen-bond acceptors (Lipinski definition) is 5. The normalized spacial score (nSPS) is 11.0. The van der Waals surface area contributed by atoms with E-state index in [0.717, 1.165) is 25.4 Å². The molecule has 0 aliphatic rings. The van der Waals surface area contributed by atoms with E-state index < -0.39 is 10.1 Å². The molecule has 0 amide bonds. The second kappa shape index (κ2) is 8.33. The van der Waals surface area contributed by atoms with Gasteiger partial charge in [-0.3, -0.25) is 4.55 Å². The fraction of sp³-hybridized carbons (Fsp3) is 0.0625. The molecule has 0 saturated carbocycles. The van der Waals surface area contributed by atoms with Crippen LogP contribution < -0.4 is 29.6 Å². The van der Waals surface area contributed by atoms with Gasteiger partial charge < -0.3 is 0 Å². The van der Waals surface area contributed by atoms with Gasteiger partial charge in [-0.05, 0) is 23.3 Å². The second-order valence-electron chi connectivity index (χ2n) is 4.92. The third kappa shape index (κ3) is 4.62. The summed E-state index contributed by atoms with van der Waals surface area (Å²) in [6, 6.07) is 16.3. The minimum atomic E-state index is -4.16. The Bertz CT molecular complexity index is 974. The summed E-state index contributed by atoms with van der Waals surface area (Å²) in [5.74, 6) is 0. The Morgan fingerprint density at radius 3 is 2.17 bits per heavy atom. The minimum absolute atomic E-state index is 0. The van der Waals surface area contributed by atoms with E-state index >= 15 is 0 Å². The second-order valence-corrected chi connectivity index (χ2v) is 9.16. The molecule has 0 fully saturated rings. The summed E-state index contributed by atoms with van der Waals surface area (Å²) in [7, 11) is -0.927. The summed E-state index contributed by atoms with van der Waals surface area (Å²) >= 11 is 5.45. The summed E-state index contributed by atoms with van der Waals surface area (Å²) in [4.78, 5) is 1.05. The van der Waals surface area contributed by atoms with Crippen LogP contribution in [0.2, 0.25) is 0 Å². The van der Waals surface area contributed by atoms with Gasteiger partial charge in [0.05, 0.1) is 9.77 Å². The molecule has 3 rings (SSSR count). The summed E-state index contributed by atoms with van der Waals surface area (Å²) in [5.41, 5.74) is 3.17. The third-order valence-electron chi connectivity index (χ3n) is 3.36. The predicted molar refractivity (Wildman–Crippen MR) is 97.5 cm³/mol. The van der Waals surface area contributed by atoms with Gasteiger partial charge in [-0.2, -0.15) is 8.42 Å². The molecule has 0 bridgehead atoms. The molecule has 2 aromatic carbocycles. The fourth-order valence-electron chi connectivity index (χ4n) is 2.22. The Morgan fingerprint density at radius 2 is 1.58 bits per heavy atom. The van der Waals surface area contributed by atoms with E-state index in [1.807, 2.05) is 18.2 Å². The monoisotopic (exact) mass is 403 g/mol. The first kappa shape index (κ1) is 19.9. The van der Waals surface area contributed by atoms with Crippen molar-refractivity contribution in [2.75, 3.05) is 0 Å². The number of hydrogen-bond donors (Lipinski definition) is 1. The van der Waals surface area contributed by atoms with Gasteiger partial charge in [-0.1, -0.05) is 75.4 Å². The van der Waals surface area contributed by atoms with Crippen LogP contribution in [-0.4, -0.2) is 13.0 Å².